The van der Waals surface area contributed by atoms with Crippen LogP contribution in [0, 0.1) is 0 Å². The van der Waals surface area contributed by atoms with Crippen molar-refractivity contribution in [3.05, 3.63) is 112 Å². The summed E-state index contributed by atoms with van der Waals surface area (Å²) in [5.41, 5.74) is 3.05. The van der Waals surface area contributed by atoms with E-state index in [1.807, 2.05) is 12.1 Å². The van der Waals surface area contributed by atoms with Gasteiger partial charge in [0.15, 0.2) is 0 Å². The van der Waals surface area contributed by atoms with Crippen LogP contribution in [0.3, 0.4) is 0 Å². The highest BCUT2D eigenvalue weighted by Crippen LogP contribution is 2.28. The number of amides is 2. The van der Waals surface area contributed by atoms with E-state index < -0.39 is 6.04 Å². The lowest BCUT2D eigenvalue weighted by Gasteiger charge is -2.28. The number of imidazole rings is 1. The normalized spacial score (nSPS) is 15.3. The minimum Gasteiger partial charge on any atom is -0.340 e. The molecular weight excluding hydrogens is 478 g/mol. The predicted molar refractivity (Wildman–Crippen MR) is 135 cm³/mol. The predicted octanol–water partition coefficient (Wildman–Crippen LogP) is 3.91. The zero-order valence-corrected chi connectivity index (χ0v) is 20.1. The van der Waals surface area contributed by atoms with E-state index in [4.69, 9.17) is 11.6 Å². The van der Waals surface area contributed by atoms with Crippen molar-refractivity contribution in [1.29, 1.82) is 0 Å². The van der Waals surface area contributed by atoms with Crippen LogP contribution in [0.2, 0.25) is 5.02 Å². The van der Waals surface area contributed by atoms with Crippen LogP contribution >= 0.6 is 11.6 Å². The van der Waals surface area contributed by atoms with E-state index in [-0.39, 0.29) is 30.6 Å². The maximum atomic E-state index is 13.7. The second-order valence-corrected chi connectivity index (χ2v) is 9.04. The lowest BCUT2D eigenvalue weighted by Crippen LogP contribution is -2.46. The van der Waals surface area contributed by atoms with E-state index in [1.165, 1.54) is 0 Å². The molecule has 1 aliphatic rings. The fourth-order valence-corrected chi connectivity index (χ4v) is 4.37. The SMILES string of the molecule is Cn1cnc(C(=O)c2ccc(CN3C(=O)c4ccc(Cl)cc4NC(=O)[C@H]3Cc3ccccn3)cc2)c1. The number of carbonyl (C=O) groups excluding carboxylic acids is 3. The molecule has 0 bridgehead atoms. The molecule has 0 aliphatic carbocycles. The first-order chi connectivity index (χ1) is 17.4. The summed E-state index contributed by atoms with van der Waals surface area (Å²) in [5.74, 6) is -0.808. The molecule has 36 heavy (non-hydrogen) atoms. The van der Waals surface area contributed by atoms with Gasteiger partial charge in [0.05, 0.1) is 17.6 Å². The second-order valence-electron chi connectivity index (χ2n) is 8.60. The monoisotopic (exact) mass is 499 g/mol. The molecule has 1 N–H and O–H groups in total. The molecule has 9 heteroatoms. The fraction of sp³-hybridized carbons (Fsp3) is 0.148. The number of ketones is 1. The average Bonchev–Trinajstić information content (AvgIpc) is 3.29. The number of anilines is 1. The molecule has 1 aliphatic heterocycles. The highest BCUT2D eigenvalue weighted by atomic mass is 35.5. The quantitative estimate of drug-likeness (QED) is 0.406. The number of aromatic nitrogens is 3. The standard InChI is InChI=1S/C27H22ClN5O3/c1-32-15-23(30-16-32)25(34)18-7-5-17(6-8-18)14-33-24(13-20-4-2-3-11-29-20)26(35)31-22-12-19(28)9-10-21(22)27(33)36/h2-12,15-16,24H,13-14H2,1H3,(H,31,35)/t24-/m1/s1. The van der Waals surface area contributed by atoms with Gasteiger partial charge in [0.1, 0.15) is 11.7 Å². The molecule has 0 saturated carbocycles. The number of benzene rings is 2. The Labute approximate surface area is 212 Å². The van der Waals surface area contributed by atoms with Crippen LogP contribution in [0.4, 0.5) is 5.69 Å². The van der Waals surface area contributed by atoms with Crippen molar-refractivity contribution in [3.8, 4) is 0 Å². The third-order valence-corrected chi connectivity index (χ3v) is 6.28. The Morgan fingerprint density at radius 1 is 1.06 bits per heavy atom. The molecule has 4 aromatic rings. The van der Waals surface area contributed by atoms with E-state index >= 15 is 0 Å². The van der Waals surface area contributed by atoms with Crippen LogP contribution in [0.5, 0.6) is 0 Å². The fourth-order valence-electron chi connectivity index (χ4n) is 4.20. The van der Waals surface area contributed by atoms with Gasteiger partial charge >= 0.3 is 0 Å². The summed E-state index contributed by atoms with van der Waals surface area (Å²) in [5, 5.41) is 3.28. The molecule has 180 valence electrons. The smallest absolute Gasteiger partial charge is 0.256 e. The molecule has 2 amide bonds. The van der Waals surface area contributed by atoms with Crippen LogP contribution in [-0.2, 0) is 24.8 Å². The van der Waals surface area contributed by atoms with Crippen molar-refractivity contribution in [2.24, 2.45) is 7.05 Å². The van der Waals surface area contributed by atoms with E-state index in [9.17, 15) is 14.4 Å². The van der Waals surface area contributed by atoms with Gasteiger partial charge in [-0.2, -0.15) is 0 Å². The summed E-state index contributed by atoms with van der Waals surface area (Å²) in [7, 11) is 1.80. The van der Waals surface area contributed by atoms with Crippen molar-refractivity contribution < 1.29 is 14.4 Å². The molecule has 5 rings (SSSR count). The maximum absolute atomic E-state index is 13.7. The third-order valence-electron chi connectivity index (χ3n) is 6.04. The summed E-state index contributed by atoms with van der Waals surface area (Å²) in [6.07, 6.45) is 5.14. The van der Waals surface area contributed by atoms with E-state index in [2.05, 4.69) is 15.3 Å². The zero-order chi connectivity index (χ0) is 25.2. The Balaban J connectivity index is 1.46. The summed E-state index contributed by atoms with van der Waals surface area (Å²) in [6, 6.07) is 16.5. The van der Waals surface area contributed by atoms with Gasteiger partial charge in [-0.15, -0.1) is 0 Å². The second kappa shape index (κ2) is 9.75. The number of carbonyl (C=O) groups is 3. The summed E-state index contributed by atoms with van der Waals surface area (Å²) in [6.45, 7) is 0.171. The lowest BCUT2D eigenvalue weighted by atomic mass is 10.0. The summed E-state index contributed by atoms with van der Waals surface area (Å²) in [4.78, 5) is 49.7. The Morgan fingerprint density at radius 2 is 1.86 bits per heavy atom. The van der Waals surface area contributed by atoms with Gasteiger partial charge in [0, 0.05) is 48.7 Å². The van der Waals surface area contributed by atoms with Crippen molar-refractivity contribution in [2.45, 2.75) is 19.0 Å². The largest absolute Gasteiger partial charge is 0.340 e. The number of fused-ring (bicyclic) bond motifs is 1. The molecule has 0 fully saturated rings. The Morgan fingerprint density at radius 3 is 2.56 bits per heavy atom. The van der Waals surface area contributed by atoms with Crippen molar-refractivity contribution in [1.82, 2.24) is 19.4 Å². The molecule has 0 spiro atoms. The van der Waals surface area contributed by atoms with Crippen LogP contribution in [0.1, 0.15) is 37.7 Å². The average molecular weight is 500 g/mol. The topological polar surface area (TPSA) is 97.2 Å². The molecule has 3 heterocycles. The number of hydrogen-bond donors (Lipinski definition) is 1. The van der Waals surface area contributed by atoms with Gasteiger partial charge in [0.25, 0.3) is 5.91 Å². The van der Waals surface area contributed by atoms with Crippen molar-refractivity contribution in [3.63, 3.8) is 0 Å². The van der Waals surface area contributed by atoms with E-state index in [0.29, 0.717) is 33.2 Å². The van der Waals surface area contributed by atoms with Crippen LogP contribution in [0.25, 0.3) is 0 Å². The lowest BCUT2D eigenvalue weighted by molar-refractivity contribution is -0.120. The number of rotatable bonds is 6. The Bertz CT molecular complexity index is 1450. The highest BCUT2D eigenvalue weighted by molar-refractivity contribution is 6.31. The van der Waals surface area contributed by atoms with E-state index in [1.54, 1.807) is 83.8 Å². The number of aryl methyl sites for hydroxylation is 1. The molecular formula is C27H22ClN5O3. The van der Waals surface area contributed by atoms with Crippen LogP contribution in [-0.4, -0.2) is 43.1 Å². The molecule has 0 saturated heterocycles. The highest BCUT2D eigenvalue weighted by Gasteiger charge is 2.36. The Hall–Kier alpha value is -4.30. The van der Waals surface area contributed by atoms with Gasteiger partial charge in [0.2, 0.25) is 11.7 Å². The van der Waals surface area contributed by atoms with Crippen molar-refractivity contribution >= 4 is 34.9 Å². The molecule has 1 atom stereocenters. The summed E-state index contributed by atoms with van der Waals surface area (Å²) >= 11 is 6.12. The third kappa shape index (κ3) is 4.76. The zero-order valence-electron chi connectivity index (χ0n) is 19.4. The first-order valence-corrected chi connectivity index (χ1v) is 11.7. The molecule has 0 radical (unpaired) electrons. The van der Waals surface area contributed by atoms with Gasteiger partial charge < -0.3 is 14.8 Å². The van der Waals surface area contributed by atoms with Crippen molar-refractivity contribution in [2.75, 3.05) is 5.32 Å². The number of halogens is 1. The minimum absolute atomic E-state index is 0.171. The minimum atomic E-state index is -0.798. The van der Waals surface area contributed by atoms with Gasteiger partial charge in [-0.05, 0) is 35.9 Å². The van der Waals surface area contributed by atoms with Crippen LogP contribution in [0.15, 0.2) is 79.4 Å². The van der Waals surface area contributed by atoms with Gasteiger partial charge in [-0.25, -0.2) is 4.98 Å². The summed E-state index contributed by atoms with van der Waals surface area (Å²) < 4.78 is 1.71. The number of pyridine rings is 1. The molecule has 0 unspecified atom stereocenters. The Kier molecular flexibility index (Phi) is 6.35. The van der Waals surface area contributed by atoms with Gasteiger partial charge in [-0.3, -0.25) is 19.4 Å². The first kappa shape index (κ1) is 23.4. The number of hydrogen-bond acceptors (Lipinski definition) is 5. The molecule has 2 aromatic carbocycles. The maximum Gasteiger partial charge on any atom is 0.256 e. The van der Waals surface area contributed by atoms with Crippen LogP contribution < -0.4 is 5.32 Å². The molecule has 8 nitrogen and oxygen atoms in total. The number of nitrogens with one attached hydrogen (secondary N) is 1. The first-order valence-electron chi connectivity index (χ1n) is 11.3. The van der Waals surface area contributed by atoms with E-state index in [0.717, 1.165) is 5.56 Å². The number of nitrogens with zero attached hydrogens (tertiary/aromatic N) is 4. The molecule has 2 aromatic heterocycles. The van der Waals surface area contributed by atoms with Gasteiger partial charge in [-0.1, -0.05) is 41.9 Å².